The number of ether oxygens (including phenoxy) is 1. The molecule has 0 spiro atoms. The number of aryl methyl sites for hydroxylation is 1. The Balaban J connectivity index is 1.64. The van der Waals surface area contributed by atoms with Crippen LogP contribution < -0.4 is 4.74 Å². The quantitative estimate of drug-likeness (QED) is 0.684. The molecule has 6 nitrogen and oxygen atoms in total. The van der Waals surface area contributed by atoms with Crippen molar-refractivity contribution in [3.63, 3.8) is 0 Å². The minimum Gasteiger partial charge on any atom is -0.484 e. The Morgan fingerprint density at radius 3 is 2.61 bits per heavy atom. The van der Waals surface area contributed by atoms with Crippen molar-refractivity contribution < 1.29 is 17.9 Å². The molecule has 1 amide bonds. The Morgan fingerprint density at radius 2 is 2.07 bits per heavy atom. The van der Waals surface area contributed by atoms with E-state index in [9.17, 15) is 13.2 Å². The lowest BCUT2D eigenvalue weighted by molar-refractivity contribution is -0.137. The van der Waals surface area contributed by atoms with Crippen LogP contribution in [0.5, 0.6) is 5.75 Å². The van der Waals surface area contributed by atoms with Crippen LogP contribution in [0.3, 0.4) is 0 Å². The first-order chi connectivity index (χ1) is 13.3. The molecule has 0 aliphatic carbocycles. The van der Waals surface area contributed by atoms with Crippen molar-refractivity contribution in [2.75, 3.05) is 18.1 Å². The van der Waals surface area contributed by atoms with Crippen LogP contribution in [-0.2, 0) is 14.6 Å². The fraction of sp³-hybridized carbons (Fsp3) is 0.500. The second-order valence-corrected chi connectivity index (χ2v) is 10.3. The number of aromatic nitrogens is 1. The van der Waals surface area contributed by atoms with Crippen molar-refractivity contribution in [1.82, 2.24) is 9.88 Å². The van der Waals surface area contributed by atoms with Gasteiger partial charge < -0.3 is 9.64 Å². The smallest absolute Gasteiger partial charge is 0.261 e. The van der Waals surface area contributed by atoms with Crippen LogP contribution >= 0.6 is 11.3 Å². The van der Waals surface area contributed by atoms with Gasteiger partial charge in [-0.1, -0.05) is 6.92 Å². The van der Waals surface area contributed by atoms with Crippen LogP contribution in [0.25, 0.3) is 10.6 Å². The van der Waals surface area contributed by atoms with Crippen LogP contribution in [0.2, 0.25) is 0 Å². The summed E-state index contributed by atoms with van der Waals surface area (Å²) in [5.41, 5.74) is 2.00. The van der Waals surface area contributed by atoms with E-state index in [1.165, 1.54) is 0 Å². The fourth-order valence-corrected chi connectivity index (χ4v) is 5.92. The summed E-state index contributed by atoms with van der Waals surface area (Å²) in [5, 5.41) is 2.95. The van der Waals surface area contributed by atoms with Crippen molar-refractivity contribution in [1.29, 1.82) is 0 Å². The third-order valence-electron chi connectivity index (χ3n) is 5.04. The van der Waals surface area contributed by atoms with Crippen molar-refractivity contribution in [2.24, 2.45) is 0 Å². The molecule has 1 saturated heterocycles. The molecule has 0 N–H and O–H groups in total. The van der Waals surface area contributed by atoms with Crippen LogP contribution in [0.4, 0.5) is 0 Å². The molecule has 0 saturated carbocycles. The van der Waals surface area contributed by atoms with Gasteiger partial charge in [0, 0.05) is 28.7 Å². The second-order valence-electron chi connectivity index (χ2n) is 7.22. The Kier molecular flexibility index (Phi) is 6.40. The lowest BCUT2D eigenvalue weighted by atomic mass is 10.1. The number of benzene rings is 1. The van der Waals surface area contributed by atoms with Gasteiger partial charge in [-0.15, -0.1) is 11.3 Å². The van der Waals surface area contributed by atoms with Gasteiger partial charge in [0.2, 0.25) is 0 Å². The first-order valence-corrected chi connectivity index (χ1v) is 12.2. The third kappa shape index (κ3) is 4.91. The van der Waals surface area contributed by atoms with E-state index < -0.39 is 9.84 Å². The molecule has 0 radical (unpaired) electrons. The molecule has 2 atom stereocenters. The Labute approximate surface area is 170 Å². The van der Waals surface area contributed by atoms with E-state index in [1.54, 1.807) is 16.2 Å². The van der Waals surface area contributed by atoms with Crippen LogP contribution in [0, 0.1) is 6.92 Å². The number of nitrogens with zero attached hydrogens (tertiary/aromatic N) is 2. The van der Waals surface area contributed by atoms with Crippen LogP contribution in [0.15, 0.2) is 29.6 Å². The lowest BCUT2D eigenvalue weighted by Gasteiger charge is -2.33. The molecule has 1 fully saturated rings. The van der Waals surface area contributed by atoms with E-state index in [1.807, 2.05) is 50.4 Å². The summed E-state index contributed by atoms with van der Waals surface area (Å²) in [5.74, 6) is 0.631. The highest BCUT2D eigenvalue weighted by Gasteiger charge is 2.36. The van der Waals surface area contributed by atoms with Crippen molar-refractivity contribution in [3.8, 4) is 16.3 Å². The molecule has 1 aromatic carbocycles. The van der Waals surface area contributed by atoms with Gasteiger partial charge in [0.05, 0.1) is 11.5 Å². The van der Waals surface area contributed by atoms with Crippen molar-refractivity contribution in [3.05, 3.63) is 35.3 Å². The van der Waals surface area contributed by atoms with E-state index >= 15 is 0 Å². The number of thiazole rings is 1. The maximum absolute atomic E-state index is 12.8. The standard InChI is InChI=1S/C20H26N2O4S2/c1-4-15(3)22(17-9-10-28(24,25)13-17)19(23)11-26-18-7-5-16(6-8-18)20-21-14(2)12-27-20/h5-8,12,15,17H,4,9-11,13H2,1-3H3/t15-,17+/m0/s1. The summed E-state index contributed by atoms with van der Waals surface area (Å²) >= 11 is 1.59. The van der Waals surface area contributed by atoms with E-state index in [0.717, 1.165) is 22.7 Å². The van der Waals surface area contributed by atoms with Gasteiger partial charge in [0.1, 0.15) is 10.8 Å². The Bertz CT molecular complexity index is 922. The van der Waals surface area contributed by atoms with Crippen LogP contribution in [-0.4, -0.2) is 54.4 Å². The van der Waals surface area contributed by atoms with Gasteiger partial charge >= 0.3 is 0 Å². The molecule has 2 heterocycles. The summed E-state index contributed by atoms with van der Waals surface area (Å²) in [6.07, 6.45) is 1.27. The van der Waals surface area contributed by atoms with E-state index in [2.05, 4.69) is 4.98 Å². The molecule has 1 aliphatic heterocycles. The largest absolute Gasteiger partial charge is 0.484 e. The third-order valence-corrected chi connectivity index (χ3v) is 7.80. The highest BCUT2D eigenvalue weighted by atomic mass is 32.2. The SMILES string of the molecule is CC[C@H](C)N(C(=O)COc1ccc(-c2nc(C)cs2)cc1)[C@@H]1CCS(=O)(=O)C1. The molecule has 2 aromatic rings. The molecule has 1 aromatic heterocycles. The zero-order chi connectivity index (χ0) is 20.3. The lowest BCUT2D eigenvalue weighted by Crippen LogP contribution is -2.48. The topological polar surface area (TPSA) is 76.6 Å². The van der Waals surface area contributed by atoms with Gasteiger partial charge in [0.25, 0.3) is 5.91 Å². The highest BCUT2D eigenvalue weighted by molar-refractivity contribution is 7.91. The molecule has 152 valence electrons. The number of sulfone groups is 1. The number of hydrogen-bond donors (Lipinski definition) is 0. The van der Waals surface area contributed by atoms with E-state index in [4.69, 9.17) is 4.74 Å². The van der Waals surface area contributed by atoms with Gasteiger partial charge in [-0.05, 0) is 51.0 Å². The number of hydrogen-bond acceptors (Lipinski definition) is 6. The molecule has 3 rings (SSSR count). The highest BCUT2D eigenvalue weighted by Crippen LogP contribution is 2.26. The second kappa shape index (κ2) is 8.61. The molecular formula is C20H26N2O4S2. The zero-order valence-corrected chi connectivity index (χ0v) is 18.1. The summed E-state index contributed by atoms with van der Waals surface area (Å²) in [4.78, 5) is 19.0. The predicted octanol–water partition coefficient (Wildman–Crippen LogP) is 3.31. The molecule has 8 heteroatoms. The van der Waals surface area contributed by atoms with Crippen LogP contribution in [0.1, 0.15) is 32.4 Å². The van der Waals surface area contributed by atoms with Gasteiger partial charge in [0.15, 0.2) is 16.4 Å². The average Bonchev–Trinajstić information content (AvgIpc) is 3.25. The number of rotatable bonds is 7. The van der Waals surface area contributed by atoms with Gasteiger partial charge in [-0.25, -0.2) is 13.4 Å². The summed E-state index contributed by atoms with van der Waals surface area (Å²) in [7, 11) is -3.05. The van der Waals surface area contributed by atoms with Gasteiger partial charge in [-0.3, -0.25) is 4.79 Å². The van der Waals surface area contributed by atoms with Crippen molar-refractivity contribution >= 4 is 27.1 Å². The molecule has 1 aliphatic rings. The molecular weight excluding hydrogens is 396 g/mol. The van der Waals surface area contributed by atoms with Gasteiger partial charge in [-0.2, -0.15) is 0 Å². The molecule has 0 bridgehead atoms. The normalized spacial score (nSPS) is 19.3. The zero-order valence-electron chi connectivity index (χ0n) is 16.4. The summed E-state index contributed by atoms with van der Waals surface area (Å²) in [6, 6.07) is 7.22. The number of carbonyl (C=O) groups excluding carboxylic acids is 1. The first kappa shape index (κ1) is 20.8. The minimum atomic E-state index is -3.05. The Morgan fingerprint density at radius 1 is 1.36 bits per heavy atom. The summed E-state index contributed by atoms with van der Waals surface area (Å²) < 4.78 is 29.4. The van der Waals surface area contributed by atoms with E-state index in [0.29, 0.717) is 12.2 Å². The first-order valence-electron chi connectivity index (χ1n) is 9.46. The van der Waals surface area contributed by atoms with Crippen molar-refractivity contribution in [2.45, 2.75) is 45.7 Å². The molecule has 0 unspecified atom stereocenters. The number of amides is 1. The maximum Gasteiger partial charge on any atom is 0.261 e. The molecule has 28 heavy (non-hydrogen) atoms. The monoisotopic (exact) mass is 422 g/mol. The number of carbonyl (C=O) groups is 1. The predicted molar refractivity (Wildman–Crippen MR) is 111 cm³/mol. The summed E-state index contributed by atoms with van der Waals surface area (Å²) in [6.45, 7) is 5.81. The minimum absolute atomic E-state index is 0.0232. The fourth-order valence-electron chi connectivity index (χ4n) is 3.40. The Hall–Kier alpha value is -1.93. The maximum atomic E-state index is 12.8. The van der Waals surface area contributed by atoms with E-state index in [-0.39, 0.29) is 36.1 Å². The average molecular weight is 423 g/mol.